The zero-order valence-electron chi connectivity index (χ0n) is 45.0. The summed E-state index contributed by atoms with van der Waals surface area (Å²) in [6, 6.07) is 16.3. The molecule has 77 heavy (non-hydrogen) atoms. The van der Waals surface area contributed by atoms with Crippen LogP contribution in [0.3, 0.4) is 0 Å². The lowest BCUT2D eigenvalue weighted by Gasteiger charge is -2.60. The average molecular weight is 1070 g/mol. The van der Waals surface area contributed by atoms with Crippen molar-refractivity contribution in [3.63, 3.8) is 0 Å². The Kier molecular flexibility index (Phi) is 23.1. The summed E-state index contributed by atoms with van der Waals surface area (Å²) in [6.07, 6.45) is 24.2. The number of nitro groups is 1. The number of hydrogen-bond donors (Lipinski definition) is 3. The number of allylic oxidation sites excluding steroid dienone is 1. The molecule has 3 aromatic rings. The Bertz CT molecular complexity index is 2460. The largest absolute Gasteiger partial charge is 0.459 e. The van der Waals surface area contributed by atoms with E-state index in [1.807, 2.05) is 6.07 Å². The second-order valence-electron chi connectivity index (χ2n) is 20.9. The van der Waals surface area contributed by atoms with Crippen molar-refractivity contribution < 1.29 is 52.9 Å². The molecule has 0 spiro atoms. The van der Waals surface area contributed by atoms with Crippen molar-refractivity contribution in [3.8, 4) is 11.5 Å². The summed E-state index contributed by atoms with van der Waals surface area (Å²) in [5.74, 6) is -2.93. The number of carbonyl (C=O) groups excluding carboxylic acids is 2. The third-order valence-electron chi connectivity index (χ3n) is 15.5. The standard InChI is InChI=1S/C61H81FN4O11/c1-3-5-6-7-8-9-10-11-12-16-35-63-60(70)75-49-32-33-54-52(41-49)58-50(21-14-18-37-68)46(20-13-17-36-67)40-51-53(64-77-57-22-15-19-39-73-57)42-55(61(76-54,59(51)58)74-38-4-2)65(43-45-23-28-47(62)29-24-45)56(69)34-27-44-25-30-48(31-26-44)66(71)72/h4,23-34,40-41,46,50,55,57-59,67-68H,2-3,5-22,35-39,42-43H2,1H3,(H,63,70). The van der Waals surface area contributed by atoms with E-state index < -0.39 is 52.7 Å². The second kappa shape index (κ2) is 30.3. The molecule has 2 fully saturated rings. The minimum absolute atomic E-state index is 0.00909. The summed E-state index contributed by atoms with van der Waals surface area (Å²) in [5.41, 5.74) is 3.27. The Morgan fingerprint density at radius 3 is 2.31 bits per heavy atom. The Morgan fingerprint density at radius 1 is 0.922 bits per heavy atom. The molecule has 1 saturated carbocycles. The maximum Gasteiger partial charge on any atom is 0.412 e. The maximum atomic E-state index is 15.3. The molecule has 7 rings (SSSR count). The molecule has 0 bridgehead atoms. The van der Waals surface area contributed by atoms with Gasteiger partial charge in [-0.15, -0.1) is 6.58 Å². The van der Waals surface area contributed by atoms with Gasteiger partial charge in [0.05, 0.1) is 29.8 Å². The number of unbranched alkanes of at least 4 members (excludes halogenated alkanes) is 11. The molecule has 2 aliphatic carbocycles. The van der Waals surface area contributed by atoms with E-state index >= 15 is 4.79 Å². The normalized spacial score (nSPS) is 23.1. The van der Waals surface area contributed by atoms with E-state index in [1.54, 1.807) is 53.5 Å². The Morgan fingerprint density at radius 2 is 1.64 bits per heavy atom. The number of hydrogen-bond acceptors (Lipinski definition) is 12. The van der Waals surface area contributed by atoms with Crippen molar-refractivity contribution in [1.29, 1.82) is 0 Å². The number of halogens is 1. The molecule has 4 aliphatic rings. The first kappa shape index (κ1) is 58.7. The van der Waals surface area contributed by atoms with Gasteiger partial charge in [0.2, 0.25) is 18.0 Å². The predicted octanol–water partition coefficient (Wildman–Crippen LogP) is 12.6. The number of aliphatic hydroxyl groups excluding tert-OH is 2. The highest BCUT2D eigenvalue weighted by Crippen LogP contribution is 2.62. The van der Waals surface area contributed by atoms with Crippen molar-refractivity contribution >= 4 is 29.5 Å². The molecule has 15 nitrogen and oxygen atoms in total. The number of nitro benzene ring substituents is 1. The number of nitrogens with one attached hydrogen (secondary N) is 1. The van der Waals surface area contributed by atoms with Crippen LogP contribution >= 0.6 is 0 Å². The summed E-state index contributed by atoms with van der Waals surface area (Å²) in [4.78, 5) is 47.7. The number of benzene rings is 3. The maximum absolute atomic E-state index is 15.3. The van der Waals surface area contributed by atoms with Gasteiger partial charge >= 0.3 is 6.09 Å². The first-order valence-corrected chi connectivity index (χ1v) is 28.4. The van der Waals surface area contributed by atoms with E-state index in [9.17, 15) is 29.5 Å². The summed E-state index contributed by atoms with van der Waals surface area (Å²) < 4.78 is 41.2. The first-order chi connectivity index (χ1) is 37.6. The third-order valence-corrected chi connectivity index (χ3v) is 15.5. The van der Waals surface area contributed by atoms with E-state index in [4.69, 9.17) is 28.9 Å². The van der Waals surface area contributed by atoms with Gasteiger partial charge in [-0.2, -0.15) is 0 Å². The van der Waals surface area contributed by atoms with Gasteiger partial charge in [-0.3, -0.25) is 14.9 Å². The number of amides is 2. The van der Waals surface area contributed by atoms with Crippen molar-refractivity contribution in [3.05, 3.63) is 130 Å². The number of non-ortho nitro benzene ring substituents is 1. The zero-order valence-corrected chi connectivity index (χ0v) is 45.0. The van der Waals surface area contributed by atoms with Crippen LogP contribution in [0.1, 0.15) is 158 Å². The average Bonchev–Trinajstić information content (AvgIpc) is 3.61. The highest BCUT2D eigenvalue weighted by atomic mass is 19.1. The molecular weight excluding hydrogens is 984 g/mol. The first-order valence-electron chi connectivity index (χ1n) is 28.4. The SMILES string of the molecule is C=CCOC12Oc3ccc(OC(=O)NCCCCCCCCCCCC)cc3C3C(CCCCO)C(CCCCO)C=C(C(=NOC4CCCCO4)CC1N(Cc1ccc(F)cc1)C(=O)C=Cc1ccc([N+](=O)[O-])cc1)C32. The van der Waals surface area contributed by atoms with E-state index in [2.05, 4.69) is 24.9 Å². The zero-order chi connectivity index (χ0) is 54.4. The van der Waals surface area contributed by atoms with Gasteiger partial charge in [-0.1, -0.05) is 107 Å². The Labute approximate surface area is 454 Å². The lowest BCUT2D eigenvalue weighted by atomic mass is 9.55. The quantitative estimate of drug-likeness (QED) is 0.0183. The van der Waals surface area contributed by atoms with Crippen molar-refractivity contribution in [2.45, 2.75) is 166 Å². The molecule has 7 unspecified atom stereocenters. The van der Waals surface area contributed by atoms with Crippen LogP contribution in [-0.4, -0.2) is 88.8 Å². The van der Waals surface area contributed by atoms with E-state index in [0.717, 1.165) is 56.1 Å². The fourth-order valence-electron chi connectivity index (χ4n) is 11.7. The molecule has 2 heterocycles. The highest BCUT2D eigenvalue weighted by molar-refractivity contribution is 6.03. The van der Waals surface area contributed by atoms with Crippen LogP contribution in [0, 0.1) is 33.7 Å². The third kappa shape index (κ3) is 16.1. The molecule has 2 amide bonds. The molecule has 3 N–H and O–H groups in total. The van der Waals surface area contributed by atoms with Gasteiger partial charge in [0.1, 0.15) is 23.4 Å². The molecule has 0 aromatic heterocycles. The molecule has 16 heteroatoms. The van der Waals surface area contributed by atoms with Crippen LogP contribution in [-0.2, 0) is 25.7 Å². The van der Waals surface area contributed by atoms with Gasteiger partial charge < -0.3 is 44.2 Å². The van der Waals surface area contributed by atoms with Crippen molar-refractivity contribution in [1.82, 2.24) is 10.2 Å². The molecule has 3 aromatic carbocycles. The monoisotopic (exact) mass is 1060 g/mol. The second-order valence-corrected chi connectivity index (χ2v) is 20.9. The smallest absolute Gasteiger partial charge is 0.412 e. The van der Waals surface area contributed by atoms with Crippen LogP contribution in [0.2, 0.25) is 0 Å². The number of rotatable bonds is 31. The van der Waals surface area contributed by atoms with Gasteiger partial charge in [-0.05, 0) is 122 Å². The summed E-state index contributed by atoms with van der Waals surface area (Å²) in [6.45, 7) is 7.36. The van der Waals surface area contributed by atoms with Crippen LogP contribution in [0.25, 0.3) is 6.08 Å². The fraction of sp³-hybridized carbons (Fsp3) is 0.557. The fourth-order valence-corrected chi connectivity index (χ4v) is 11.7. The van der Waals surface area contributed by atoms with Crippen LogP contribution in [0.4, 0.5) is 14.9 Å². The number of nitrogens with zero attached hydrogens (tertiary/aromatic N) is 3. The van der Waals surface area contributed by atoms with Gasteiger partial charge in [0.25, 0.3) is 5.69 Å². The van der Waals surface area contributed by atoms with Crippen LogP contribution in [0.5, 0.6) is 11.5 Å². The topological polar surface area (TPSA) is 192 Å². The number of carbonyl (C=O) groups is 2. The summed E-state index contributed by atoms with van der Waals surface area (Å²) in [5, 5.41) is 39.5. The molecule has 7 atom stereocenters. The van der Waals surface area contributed by atoms with Crippen molar-refractivity contribution in [2.24, 2.45) is 22.9 Å². The lowest BCUT2D eigenvalue weighted by molar-refractivity contribution is -0.384. The van der Waals surface area contributed by atoms with Crippen molar-refractivity contribution in [2.75, 3.05) is 33.0 Å². The van der Waals surface area contributed by atoms with E-state index in [0.29, 0.717) is 73.6 Å². The minimum atomic E-state index is -1.63. The number of fused-ring (bicyclic) bond motifs is 2. The number of oxime groups is 1. The van der Waals surface area contributed by atoms with E-state index in [-0.39, 0.29) is 50.3 Å². The Balaban J connectivity index is 1.31. The highest BCUT2D eigenvalue weighted by Gasteiger charge is 2.65. The van der Waals surface area contributed by atoms with Gasteiger partial charge in [0.15, 0.2) is 0 Å². The van der Waals surface area contributed by atoms with Gasteiger partial charge in [-0.25, -0.2) is 9.18 Å². The molecule has 0 radical (unpaired) electrons. The minimum Gasteiger partial charge on any atom is -0.459 e. The molecule has 1 saturated heterocycles. The summed E-state index contributed by atoms with van der Waals surface area (Å²) in [7, 11) is 0. The molecule has 2 aliphatic heterocycles. The molecule has 418 valence electrons. The Hall–Kier alpha value is -5.94. The molecular formula is C61H81FN4O11. The van der Waals surface area contributed by atoms with Crippen LogP contribution in [0.15, 0.2) is 102 Å². The number of ether oxygens (including phenoxy) is 4. The van der Waals surface area contributed by atoms with Gasteiger partial charge in [0, 0.05) is 68.8 Å². The van der Waals surface area contributed by atoms with Crippen LogP contribution < -0.4 is 14.8 Å². The summed E-state index contributed by atoms with van der Waals surface area (Å²) >= 11 is 0. The number of aliphatic hydroxyl groups is 2. The van der Waals surface area contributed by atoms with E-state index in [1.165, 1.54) is 75.3 Å². The predicted molar refractivity (Wildman–Crippen MR) is 295 cm³/mol. The lowest BCUT2D eigenvalue weighted by Crippen LogP contribution is -2.70.